The lowest BCUT2D eigenvalue weighted by atomic mass is 9.95. The van der Waals surface area contributed by atoms with Gasteiger partial charge < -0.3 is 34.3 Å². The number of nitrogens with one attached hydrogen (secondary N) is 3. The van der Waals surface area contributed by atoms with Crippen LogP contribution in [0.4, 0.5) is 4.79 Å². The van der Waals surface area contributed by atoms with Gasteiger partial charge in [0.25, 0.3) is 5.91 Å². The Hall–Kier alpha value is -5.04. The first kappa shape index (κ1) is 31.9. The number of hydrogen-bond acceptors (Lipinski definition) is 9. The van der Waals surface area contributed by atoms with Gasteiger partial charge in [-0.15, -0.1) is 0 Å². The number of allylic oxidation sites excluding steroid dienone is 1. The van der Waals surface area contributed by atoms with Crippen molar-refractivity contribution >= 4 is 40.1 Å². The molecule has 0 radical (unpaired) electrons. The van der Waals surface area contributed by atoms with E-state index in [1.807, 2.05) is 30.3 Å². The molecule has 3 N–H and O–H groups in total. The van der Waals surface area contributed by atoms with E-state index < -0.39 is 23.9 Å². The molecule has 12 nitrogen and oxygen atoms in total. The van der Waals surface area contributed by atoms with E-state index >= 15 is 0 Å². The maximum absolute atomic E-state index is 12.5. The molecule has 3 aromatic carbocycles. The second-order valence-corrected chi connectivity index (χ2v) is 10.2. The summed E-state index contributed by atoms with van der Waals surface area (Å²) in [6.07, 6.45) is 1.46. The van der Waals surface area contributed by atoms with Crippen LogP contribution in [0.15, 0.2) is 81.5 Å². The van der Waals surface area contributed by atoms with Crippen LogP contribution in [0.1, 0.15) is 29.7 Å². The number of benzene rings is 3. The van der Waals surface area contributed by atoms with Gasteiger partial charge in [-0.1, -0.05) is 36.4 Å². The SMILES string of the molecule is COC(=O)C1=C(C)NC(=O)N[C@H]1c1ccc(OCC(=O)N/N=C\c2cc(Br)c(OCc3ccccc3)c(OC)c2)c(OC)c1. The molecule has 3 aromatic rings. The summed E-state index contributed by atoms with van der Waals surface area (Å²) in [6.45, 7) is 1.62. The van der Waals surface area contributed by atoms with Gasteiger partial charge >= 0.3 is 12.0 Å². The molecule has 0 unspecified atom stereocenters. The largest absolute Gasteiger partial charge is 0.493 e. The first-order valence-corrected chi connectivity index (χ1v) is 14.1. The Labute approximate surface area is 262 Å². The number of rotatable bonds is 12. The third-order valence-electron chi connectivity index (χ3n) is 6.43. The first-order chi connectivity index (χ1) is 21.2. The Kier molecular flexibility index (Phi) is 10.8. The van der Waals surface area contributed by atoms with Crippen molar-refractivity contribution in [1.82, 2.24) is 16.1 Å². The summed E-state index contributed by atoms with van der Waals surface area (Å²) in [5.74, 6) is 0.500. The zero-order chi connectivity index (χ0) is 31.6. The van der Waals surface area contributed by atoms with Crippen LogP contribution in [0, 0.1) is 0 Å². The van der Waals surface area contributed by atoms with Crippen molar-refractivity contribution in [2.75, 3.05) is 27.9 Å². The van der Waals surface area contributed by atoms with Crippen LogP contribution in [0.2, 0.25) is 0 Å². The maximum Gasteiger partial charge on any atom is 0.337 e. The molecule has 230 valence electrons. The predicted octanol–water partition coefficient (Wildman–Crippen LogP) is 4.38. The summed E-state index contributed by atoms with van der Waals surface area (Å²) >= 11 is 3.51. The normalized spacial score (nSPS) is 14.4. The van der Waals surface area contributed by atoms with Crippen molar-refractivity contribution in [3.8, 4) is 23.0 Å². The van der Waals surface area contributed by atoms with Crippen molar-refractivity contribution in [2.45, 2.75) is 19.6 Å². The van der Waals surface area contributed by atoms with Crippen molar-refractivity contribution in [3.63, 3.8) is 0 Å². The number of esters is 1. The van der Waals surface area contributed by atoms with Gasteiger partial charge in [0.15, 0.2) is 29.6 Å². The number of urea groups is 1. The Morgan fingerprint density at radius 3 is 2.43 bits per heavy atom. The molecule has 0 aromatic heterocycles. The summed E-state index contributed by atoms with van der Waals surface area (Å²) in [7, 11) is 4.23. The number of methoxy groups -OCH3 is 3. The Morgan fingerprint density at radius 2 is 1.73 bits per heavy atom. The third kappa shape index (κ3) is 7.86. The van der Waals surface area contributed by atoms with E-state index in [0.29, 0.717) is 45.2 Å². The third-order valence-corrected chi connectivity index (χ3v) is 7.02. The average Bonchev–Trinajstić information content (AvgIpc) is 3.02. The number of hydrogen-bond donors (Lipinski definition) is 3. The summed E-state index contributed by atoms with van der Waals surface area (Å²) in [5.41, 5.74) is 5.26. The highest BCUT2D eigenvalue weighted by Crippen LogP contribution is 2.37. The molecule has 0 bridgehead atoms. The Morgan fingerprint density at radius 1 is 0.977 bits per heavy atom. The highest BCUT2D eigenvalue weighted by molar-refractivity contribution is 9.10. The van der Waals surface area contributed by atoms with Gasteiger partial charge in [-0.3, -0.25) is 4.79 Å². The number of carbonyl (C=O) groups is 3. The van der Waals surface area contributed by atoms with Crippen LogP contribution < -0.4 is 35.0 Å². The topological polar surface area (TPSA) is 146 Å². The monoisotopic (exact) mass is 666 g/mol. The molecular formula is C31H31BrN4O8. The van der Waals surface area contributed by atoms with Crippen molar-refractivity contribution in [3.05, 3.63) is 93.1 Å². The lowest BCUT2D eigenvalue weighted by molar-refractivity contribution is -0.136. The minimum absolute atomic E-state index is 0.249. The number of nitrogens with zero attached hydrogens (tertiary/aromatic N) is 1. The second kappa shape index (κ2) is 14.9. The van der Waals surface area contributed by atoms with Gasteiger partial charge in [0.05, 0.1) is 43.6 Å². The molecule has 13 heteroatoms. The number of hydrazone groups is 1. The zero-order valence-corrected chi connectivity index (χ0v) is 26.0. The predicted molar refractivity (Wildman–Crippen MR) is 165 cm³/mol. The fourth-order valence-electron chi connectivity index (χ4n) is 4.35. The van der Waals surface area contributed by atoms with E-state index in [2.05, 4.69) is 37.1 Å². The number of amides is 3. The molecule has 1 atom stereocenters. The fourth-order valence-corrected chi connectivity index (χ4v) is 4.92. The second-order valence-electron chi connectivity index (χ2n) is 9.36. The number of carbonyl (C=O) groups excluding carboxylic acids is 3. The van der Waals surface area contributed by atoms with Gasteiger partial charge in [-0.25, -0.2) is 15.0 Å². The molecule has 0 aliphatic carbocycles. The number of halogens is 1. The molecule has 0 saturated carbocycles. The molecule has 0 fully saturated rings. The molecule has 4 rings (SSSR count). The Balaban J connectivity index is 1.37. The summed E-state index contributed by atoms with van der Waals surface area (Å²) < 4.78 is 28.1. The van der Waals surface area contributed by atoms with Crippen molar-refractivity contribution in [2.24, 2.45) is 5.10 Å². The van der Waals surface area contributed by atoms with Gasteiger partial charge in [0.2, 0.25) is 0 Å². The molecule has 3 amide bonds. The smallest absolute Gasteiger partial charge is 0.337 e. The Bertz CT molecular complexity index is 1590. The molecule has 44 heavy (non-hydrogen) atoms. The molecule has 1 aliphatic heterocycles. The van der Waals surface area contributed by atoms with E-state index in [9.17, 15) is 14.4 Å². The van der Waals surface area contributed by atoms with E-state index in [1.165, 1.54) is 27.5 Å². The van der Waals surface area contributed by atoms with Crippen LogP contribution in [0.5, 0.6) is 23.0 Å². The van der Waals surface area contributed by atoms with E-state index in [4.69, 9.17) is 23.7 Å². The highest BCUT2D eigenvalue weighted by Gasteiger charge is 2.32. The van der Waals surface area contributed by atoms with Crippen LogP contribution in [0.25, 0.3) is 0 Å². The van der Waals surface area contributed by atoms with Crippen molar-refractivity contribution < 1.29 is 38.1 Å². The molecule has 1 aliphatic rings. The molecular weight excluding hydrogens is 636 g/mol. The van der Waals surface area contributed by atoms with Crippen LogP contribution in [-0.2, 0) is 20.9 Å². The summed E-state index contributed by atoms with van der Waals surface area (Å²) in [6, 6.07) is 16.9. The lowest BCUT2D eigenvalue weighted by Crippen LogP contribution is -2.45. The molecule has 1 heterocycles. The fraction of sp³-hybridized carbons (Fsp3) is 0.226. The van der Waals surface area contributed by atoms with Crippen LogP contribution in [0.3, 0.4) is 0 Å². The lowest BCUT2D eigenvalue weighted by Gasteiger charge is -2.28. The summed E-state index contributed by atoms with van der Waals surface area (Å²) in [4.78, 5) is 36.9. The van der Waals surface area contributed by atoms with E-state index in [1.54, 1.807) is 37.3 Å². The minimum Gasteiger partial charge on any atom is -0.493 e. The van der Waals surface area contributed by atoms with E-state index in [0.717, 1.165) is 5.56 Å². The van der Waals surface area contributed by atoms with Gasteiger partial charge in [-0.05, 0) is 63.8 Å². The zero-order valence-electron chi connectivity index (χ0n) is 24.4. The standard InChI is InChI=1S/C31H31BrN4O8/c1-18-27(30(38)42-4)28(35-31(39)34-18)21-10-11-23(24(14-21)40-2)43-17-26(37)36-33-15-20-12-22(32)29(25(13-20)41-3)44-16-19-8-6-5-7-9-19/h5-15,28H,16-17H2,1-4H3,(H,36,37)(H2,34,35,39)/b33-15-/t28-/m0/s1. The molecule has 0 spiro atoms. The first-order valence-electron chi connectivity index (χ1n) is 13.3. The summed E-state index contributed by atoms with van der Waals surface area (Å²) in [5, 5.41) is 9.29. The van der Waals surface area contributed by atoms with Gasteiger partial charge in [0, 0.05) is 5.70 Å². The van der Waals surface area contributed by atoms with Crippen LogP contribution >= 0.6 is 15.9 Å². The van der Waals surface area contributed by atoms with E-state index in [-0.39, 0.29) is 17.9 Å². The maximum atomic E-state index is 12.5. The van der Waals surface area contributed by atoms with Gasteiger partial charge in [-0.2, -0.15) is 5.10 Å². The highest BCUT2D eigenvalue weighted by atomic mass is 79.9. The number of ether oxygens (including phenoxy) is 5. The van der Waals surface area contributed by atoms with Gasteiger partial charge in [0.1, 0.15) is 6.61 Å². The average molecular weight is 668 g/mol. The minimum atomic E-state index is -0.778. The van der Waals surface area contributed by atoms with Crippen molar-refractivity contribution in [1.29, 1.82) is 0 Å². The quantitative estimate of drug-likeness (QED) is 0.147. The van der Waals surface area contributed by atoms with Crippen LogP contribution in [-0.4, -0.2) is 52.1 Å². The molecule has 0 saturated heterocycles.